The second kappa shape index (κ2) is 9.45. The quantitative estimate of drug-likeness (QED) is 0.109. The SMILES string of the molecule is O=C(Nc1ccc2oc(-c3c(F)c(F)c(F)c(F)c3F)nc2c1)c1ccc(-c2cc3ccccc3oc2=O)cc1. The van der Waals surface area contributed by atoms with E-state index in [0.29, 0.717) is 16.7 Å². The van der Waals surface area contributed by atoms with E-state index in [4.69, 9.17) is 8.83 Å². The van der Waals surface area contributed by atoms with Crippen molar-refractivity contribution in [2.24, 2.45) is 0 Å². The molecule has 0 saturated carbocycles. The number of carbonyl (C=O) groups is 1. The Balaban J connectivity index is 1.26. The van der Waals surface area contributed by atoms with Gasteiger partial charge in [0.05, 0.1) is 5.56 Å². The third-order valence-electron chi connectivity index (χ3n) is 6.17. The Morgan fingerprint density at radius 3 is 2.12 bits per heavy atom. The molecular formula is C29H13F5N2O4. The number of nitrogens with one attached hydrogen (secondary N) is 1. The highest BCUT2D eigenvalue weighted by atomic mass is 19.2. The molecule has 1 amide bonds. The van der Waals surface area contributed by atoms with E-state index in [9.17, 15) is 31.5 Å². The van der Waals surface area contributed by atoms with Crippen molar-refractivity contribution >= 4 is 33.7 Å². The molecule has 0 spiro atoms. The monoisotopic (exact) mass is 548 g/mol. The van der Waals surface area contributed by atoms with E-state index in [2.05, 4.69) is 10.3 Å². The lowest BCUT2D eigenvalue weighted by atomic mass is 10.0. The van der Waals surface area contributed by atoms with E-state index in [1.165, 1.54) is 30.3 Å². The lowest BCUT2D eigenvalue weighted by Crippen LogP contribution is -2.11. The van der Waals surface area contributed by atoms with Crippen molar-refractivity contribution in [3.05, 3.63) is 118 Å². The highest BCUT2D eigenvalue weighted by Crippen LogP contribution is 2.33. The van der Waals surface area contributed by atoms with Crippen LogP contribution in [0, 0.1) is 29.1 Å². The predicted molar refractivity (Wildman–Crippen MR) is 135 cm³/mol. The van der Waals surface area contributed by atoms with E-state index in [0.717, 1.165) is 5.39 Å². The Morgan fingerprint density at radius 1 is 0.725 bits per heavy atom. The number of fused-ring (bicyclic) bond motifs is 2. The fourth-order valence-electron chi connectivity index (χ4n) is 4.17. The number of rotatable bonds is 4. The number of aromatic nitrogens is 1. The molecular weight excluding hydrogens is 535 g/mol. The van der Waals surface area contributed by atoms with E-state index < -0.39 is 52.1 Å². The second-order valence-electron chi connectivity index (χ2n) is 8.66. The molecule has 0 saturated heterocycles. The minimum atomic E-state index is -2.30. The average Bonchev–Trinajstić information content (AvgIpc) is 3.37. The van der Waals surface area contributed by atoms with Gasteiger partial charge in [0.15, 0.2) is 28.9 Å². The molecule has 1 N–H and O–H groups in total. The van der Waals surface area contributed by atoms with Gasteiger partial charge in [0.1, 0.15) is 16.7 Å². The molecule has 0 bridgehead atoms. The zero-order valence-electron chi connectivity index (χ0n) is 19.9. The fraction of sp³-hybridized carbons (Fsp3) is 0. The lowest BCUT2D eigenvalue weighted by molar-refractivity contribution is 0.102. The number of anilines is 1. The molecule has 6 nitrogen and oxygen atoms in total. The third kappa shape index (κ3) is 4.17. The molecule has 40 heavy (non-hydrogen) atoms. The summed E-state index contributed by atoms with van der Waals surface area (Å²) < 4.78 is 79.5. The van der Waals surface area contributed by atoms with E-state index in [-0.39, 0.29) is 22.4 Å². The number of hydrogen-bond donors (Lipinski definition) is 1. The topological polar surface area (TPSA) is 85.3 Å². The second-order valence-corrected chi connectivity index (χ2v) is 8.66. The Bertz CT molecular complexity index is 2000. The summed E-state index contributed by atoms with van der Waals surface area (Å²) in [5.41, 5.74) is -0.0696. The zero-order chi connectivity index (χ0) is 28.1. The summed E-state index contributed by atoms with van der Waals surface area (Å²) in [4.78, 5) is 29.1. The van der Waals surface area contributed by atoms with Crippen LogP contribution in [0.3, 0.4) is 0 Å². The van der Waals surface area contributed by atoms with Crippen LogP contribution in [0.5, 0.6) is 0 Å². The van der Waals surface area contributed by atoms with Crippen LogP contribution >= 0.6 is 0 Å². The van der Waals surface area contributed by atoms with Gasteiger partial charge in [-0.3, -0.25) is 4.79 Å². The summed E-state index contributed by atoms with van der Waals surface area (Å²) in [6, 6.07) is 19.0. The molecule has 0 aliphatic carbocycles. The highest BCUT2D eigenvalue weighted by molar-refractivity contribution is 6.05. The van der Waals surface area contributed by atoms with Crippen LogP contribution in [0.4, 0.5) is 27.6 Å². The van der Waals surface area contributed by atoms with Crippen molar-refractivity contribution in [3.63, 3.8) is 0 Å². The molecule has 0 radical (unpaired) electrons. The largest absolute Gasteiger partial charge is 0.436 e. The molecule has 0 unspecified atom stereocenters. The first-order chi connectivity index (χ1) is 19.2. The van der Waals surface area contributed by atoms with E-state index >= 15 is 0 Å². The van der Waals surface area contributed by atoms with Crippen LogP contribution < -0.4 is 10.9 Å². The maximum absolute atomic E-state index is 14.2. The van der Waals surface area contributed by atoms with Crippen molar-refractivity contribution in [1.29, 1.82) is 0 Å². The number of benzene rings is 4. The molecule has 0 fully saturated rings. The first kappa shape index (κ1) is 25.0. The number of oxazole rings is 1. The minimum absolute atomic E-state index is 0.00452. The molecule has 11 heteroatoms. The molecule has 6 aromatic rings. The Hall–Kier alpha value is -5.32. The zero-order valence-corrected chi connectivity index (χ0v) is 19.9. The summed E-state index contributed by atoms with van der Waals surface area (Å²) in [7, 11) is 0. The van der Waals surface area contributed by atoms with E-state index in [1.54, 1.807) is 30.3 Å². The number of halogens is 5. The number of hydrogen-bond acceptors (Lipinski definition) is 5. The summed E-state index contributed by atoms with van der Waals surface area (Å²) >= 11 is 0. The summed E-state index contributed by atoms with van der Waals surface area (Å²) in [6.07, 6.45) is 0. The van der Waals surface area contributed by atoms with Crippen LogP contribution in [0.25, 0.3) is 44.7 Å². The van der Waals surface area contributed by atoms with Gasteiger partial charge in [-0.25, -0.2) is 31.7 Å². The van der Waals surface area contributed by atoms with Gasteiger partial charge < -0.3 is 14.2 Å². The van der Waals surface area contributed by atoms with Gasteiger partial charge in [-0.2, -0.15) is 0 Å². The van der Waals surface area contributed by atoms with Crippen molar-refractivity contribution in [3.8, 4) is 22.6 Å². The first-order valence-corrected chi connectivity index (χ1v) is 11.6. The van der Waals surface area contributed by atoms with Crippen molar-refractivity contribution in [2.45, 2.75) is 0 Å². The molecule has 0 aliphatic heterocycles. The number of para-hydroxylation sites is 1. The van der Waals surface area contributed by atoms with Gasteiger partial charge in [0.2, 0.25) is 11.7 Å². The van der Waals surface area contributed by atoms with Gasteiger partial charge in [-0.05, 0) is 48.0 Å². The Morgan fingerprint density at radius 2 is 1.40 bits per heavy atom. The Kier molecular flexibility index (Phi) is 5.91. The van der Waals surface area contributed by atoms with Gasteiger partial charge in [-0.15, -0.1) is 0 Å². The van der Waals surface area contributed by atoms with Gasteiger partial charge >= 0.3 is 5.63 Å². The molecule has 2 aromatic heterocycles. The lowest BCUT2D eigenvalue weighted by Gasteiger charge is -2.07. The predicted octanol–water partition coefficient (Wildman–Crippen LogP) is 7.22. The van der Waals surface area contributed by atoms with E-state index in [1.807, 2.05) is 12.1 Å². The normalized spacial score (nSPS) is 11.3. The van der Waals surface area contributed by atoms with Gasteiger partial charge in [0, 0.05) is 16.6 Å². The van der Waals surface area contributed by atoms with Crippen LogP contribution in [-0.2, 0) is 0 Å². The third-order valence-corrected chi connectivity index (χ3v) is 6.17. The molecule has 198 valence electrons. The summed E-state index contributed by atoms with van der Waals surface area (Å²) in [5.74, 6) is -12.1. The number of nitrogens with zero attached hydrogens (tertiary/aromatic N) is 1. The summed E-state index contributed by atoms with van der Waals surface area (Å²) in [6.45, 7) is 0. The molecule has 0 atom stereocenters. The van der Waals surface area contributed by atoms with Gasteiger partial charge in [0.25, 0.3) is 5.91 Å². The van der Waals surface area contributed by atoms with Crippen LogP contribution in [0.1, 0.15) is 10.4 Å². The number of amides is 1. The molecule has 4 aromatic carbocycles. The van der Waals surface area contributed by atoms with Crippen LogP contribution in [0.2, 0.25) is 0 Å². The first-order valence-electron chi connectivity index (χ1n) is 11.6. The van der Waals surface area contributed by atoms with Crippen molar-refractivity contribution in [2.75, 3.05) is 5.32 Å². The van der Waals surface area contributed by atoms with Crippen molar-refractivity contribution in [1.82, 2.24) is 4.98 Å². The minimum Gasteiger partial charge on any atom is -0.436 e. The Labute approximate surface area is 220 Å². The molecule has 2 heterocycles. The van der Waals surface area contributed by atoms with Crippen LogP contribution in [0.15, 0.2) is 86.4 Å². The summed E-state index contributed by atoms with van der Waals surface area (Å²) in [5, 5.41) is 3.37. The number of carbonyl (C=O) groups excluding carboxylic acids is 1. The highest BCUT2D eigenvalue weighted by Gasteiger charge is 2.29. The van der Waals surface area contributed by atoms with Crippen LogP contribution in [-0.4, -0.2) is 10.9 Å². The van der Waals surface area contributed by atoms with Crippen molar-refractivity contribution < 1.29 is 35.6 Å². The average molecular weight is 548 g/mol. The fourth-order valence-corrected chi connectivity index (χ4v) is 4.17. The molecule has 0 aliphatic rings. The maximum Gasteiger partial charge on any atom is 0.344 e. The molecule has 6 rings (SSSR count). The maximum atomic E-state index is 14.2. The van der Waals surface area contributed by atoms with Gasteiger partial charge in [-0.1, -0.05) is 30.3 Å². The smallest absolute Gasteiger partial charge is 0.344 e. The standard InChI is InChI=1S/C29H13F5N2O4/c30-22-21(23(31)25(33)26(34)24(22)32)28-36-18-12-16(9-10-20(18)39-28)35-27(37)14-7-5-13(6-8-14)17-11-15-3-1-2-4-19(15)40-29(17)38/h1-12H,(H,35,37).